The number of thiophene rings is 1. The van der Waals surface area contributed by atoms with Crippen molar-refractivity contribution in [1.82, 2.24) is 20.1 Å². The van der Waals surface area contributed by atoms with Gasteiger partial charge in [0.05, 0.1) is 12.1 Å². The van der Waals surface area contributed by atoms with E-state index in [2.05, 4.69) is 39.5 Å². The zero-order chi connectivity index (χ0) is 21.4. The van der Waals surface area contributed by atoms with E-state index in [1.54, 1.807) is 11.3 Å². The molecule has 0 radical (unpaired) electrons. The fourth-order valence-electron chi connectivity index (χ4n) is 4.84. The van der Waals surface area contributed by atoms with Crippen LogP contribution in [0.1, 0.15) is 30.9 Å². The van der Waals surface area contributed by atoms with Gasteiger partial charge in [0.2, 0.25) is 0 Å². The Kier molecular flexibility index (Phi) is 5.24. The Balaban J connectivity index is 1.22. The predicted octanol–water partition coefficient (Wildman–Crippen LogP) is 4.02. The zero-order valence-electron chi connectivity index (χ0n) is 17.6. The number of fused-ring (bicyclic) bond motifs is 1. The van der Waals surface area contributed by atoms with Gasteiger partial charge in [-0.25, -0.2) is 4.79 Å². The summed E-state index contributed by atoms with van der Waals surface area (Å²) in [5, 5.41) is 8.11. The van der Waals surface area contributed by atoms with Gasteiger partial charge in [-0.15, -0.1) is 0 Å². The number of hydrogen-bond acceptors (Lipinski definition) is 5. The molecule has 2 aromatic heterocycles. The van der Waals surface area contributed by atoms with E-state index in [0.29, 0.717) is 6.54 Å². The van der Waals surface area contributed by atoms with Crippen molar-refractivity contribution >= 4 is 34.2 Å². The largest absolute Gasteiger partial charge is 0.325 e. The van der Waals surface area contributed by atoms with Gasteiger partial charge < -0.3 is 5.32 Å². The molecule has 3 aromatic rings. The lowest BCUT2D eigenvalue weighted by Crippen LogP contribution is -2.53. The molecule has 2 fully saturated rings. The van der Waals surface area contributed by atoms with Gasteiger partial charge in [0, 0.05) is 18.1 Å². The summed E-state index contributed by atoms with van der Waals surface area (Å²) in [4.78, 5) is 34.0. The number of imide groups is 1. The Morgan fingerprint density at radius 2 is 1.97 bits per heavy atom. The second-order valence-corrected chi connectivity index (χ2v) is 9.52. The fourth-order valence-corrected chi connectivity index (χ4v) is 5.50. The molecule has 5 rings (SSSR count). The quantitative estimate of drug-likeness (QED) is 0.616. The molecule has 1 aromatic carbocycles. The number of piperidine rings is 1. The Labute approximate surface area is 185 Å². The van der Waals surface area contributed by atoms with Gasteiger partial charge in [-0.2, -0.15) is 11.3 Å². The van der Waals surface area contributed by atoms with Crippen molar-refractivity contribution in [2.45, 2.75) is 38.4 Å². The van der Waals surface area contributed by atoms with Crippen molar-refractivity contribution in [2.24, 2.45) is 5.92 Å². The highest BCUT2D eigenvalue weighted by atomic mass is 32.1. The molecule has 160 valence electrons. The van der Waals surface area contributed by atoms with Gasteiger partial charge in [0.1, 0.15) is 5.54 Å². The lowest BCUT2D eigenvalue weighted by Gasteiger charge is -2.39. The van der Waals surface area contributed by atoms with Gasteiger partial charge in [0.15, 0.2) is 0 Å². The Bertz CT molecular complexity index is 1110. The first kappa shape index (κ1) is 20.2. The maximum atomic E-state index is 13.2. The summed E-state index contributed by atoms with van der Waals surface area (Å²) in [5.74, 6) is 0.0497. The molecular formula is C24H26N4O2S. The first-order chi connectivity index (χ1) is 15.0. The first-order valence-electron chi connectivity index (χ1n) is 10.7. The van der Waals surface area contributed by atoms with E-state index in [1.165, 1.54) is 10.5 Å². The van der Waals surface area contributed by atoms with Crippen LogP contribution in [0.5, 0.6) is 0 Å². The average molecular weight is 435 g/mol. The molecule has 31 heavy (non-hydrogen) atoms. The Hall–Kier alpha value is -2.77. The number of nitrogens with zero attached hydrogens (tertiary/aromatic N) is 3. The number of pyridine rings is 1. The van der Waals surface area contributed by atoms with Crippen LogP contribution >= 0.6 is 11.3 Å². The van der Waals surface area contributed by atoms with Gasteiger partial charge in [-0.05, 0) is 78.9 Å². The highest BCUT2D eigenvalue weighted by Crippen LogP contribution is 2.34. The van der Waals surface area contributed by atoms with Crippen LogP contribution in [0, 0.1) is 5.92 Å². The van der Waals surface area contributed by atoms with E-state index < -0.39 is 5.54 Å². The van der Waals surface area contributed by atoms with Crippen molar-refractivity contribution in [1.29, 1.82) is 0 Å². The fraction of sp³-hybridized carbons (Fsp3) is 0.375. The molecule has 0 bridgehead atoms. The minimum atomic E-state index is -0.813. The van der Waals surface area contributed by atoms with E-state index >= 15 is 0 Å². The summed E-state index contributed by atoms with van der Waals surface area (Å²) in [6.07, 6.45) is 3.61. The SMILES string of the molecule is CC1(C2CCN(Cc3ccc4cccnc4c3)CC2)NC(=O)N(Cc2ccsc2)C1=O. The Morgan fingerprint density at radius 1 is 1.13 bits per heavy atom. The van der Waals surface area contributed by atoms with E-state index in [-0.39, 0.29) is 17.9 Å². The molecule has 0 spiro atoms. The molecular weight excluding hydrogens is 408 g/mol. The first-order valence-corrected chi connectivity index (χ1v) is 11.7. The van der Waals surface area contributed by atoms with Crippen molar-refractivity contribution in [3.8, 4) is 0 Å². The zero-order valence-corrected chi connectivity index (χ0v) is 18.4. The monoisotopic (exact) mass is 434 g/mol. The highest BCUT2D eigenvalue weighted by Gasteiger charge is 2.52. The van der Waals surface area contributed by atoms with E-state index in [4.69, 9.17) is 0 Å². The van der Waals surface area contributed by atoms with Crippen LogP contribution in [-0.2, 0) is 17.9 Å². The minimum absolute atomic E-state index is 0.0947. The molecule has 2 saturated heterocycles. The number of likely N-dealkylation sites (tertiary alicyclic amines) is 1. The molecule has 7 heteroatoms. The molecule has 2 aliphatic heterocycles. The van der Waals surface area contributed by atoms with Gasteiger partial charge in [-0.3, -0.25) is 19.6 Å². The predicted molar refractivity (Wildman–Crippen MR) is 122 cm³/mol. The molecule has 3 amide bonds. The van der Waals surface area contributed by atoms with Crippen LogP contribution in [0.25, 0.3) is 10.9 Å². The normalized spacial score (nSPS) is 22.9. The number of nitrogens with one attached hydrogen (secondary N) is 1. The van der Waals surface area contributed by atoms with E-state index in [1.807, 2.05) is 36.0 Å². The third-order valence-electron chi connectivity index (χ3n) is 6.70. The standard InChI is InChI=1S/C24H26N4O2S/c1-24(22(29)28(23(30)26-24)15-18-8-12-31-16-18)20-6-10-27(11-7-20)14-17-4-5-19-3-2-9-25-21(19)13-17/h2-5,8-9,12-13,16,20H,6-7,10-11,14-15H2,1H3,(H,26,30). The summed E-state index contributed by atoms with van der Waals surface area (Å²) < 4.78 is 0. The van der Waals surface area contributed by atoms with Crippen LogP contribution in [-0.4, -0.2) is 45.4 Å². The van der Waals surface area contributed by atoms with Crippen molar-refractivity contribution in [3.63, 3.8) is 0 Å². The third-order valence-corrected chi connectivity index (χ3v) is 7.43. The molecule has 1 atom stereocenters. The summed E-state index contributed by atoms with van der Waals surface area (Å²) in [6, 6.07) is 12.2. The highest BCUT2D eigenvalue weighted by molar-refractivity contribution is 7.07. The molecule has 0 aliphatic carbocycles. The Morgan fingerprint density at radius 3 is 2.74 bits per heavy atom. The van der Waals surface area contributed by atoms with Gasteiger partial charge in [0.25, 0.3) is 5.91 Å². The second kappa shape index (κ2) is 8.05. The third kappa shape index (κ3) is 3.83. The smallest absolute Gasteiger partial charge is 0.323 e. The maximum Gasteiger partial charge on any atom is 0.325 e. The average Bonchev–Trinajstić information content (AvgIpc) is 3.37. The molecule has 1 N–H and O–H groups in total. The van der Waals surface area contributed by atoms with Crippen LogP contribution in [0.15, 0.2) is 53.4 Å². The van der Waals surface area contributed by atoms with Gasteiger partial charge in [-0.1, -0.05) is 18.2 Å². The minimum Gasteiger partial charge on any atom is -0.323 e. The summed E-state index contributed by atoms with van der Waals surface area (Å²) in [7, 11) is 0. The van der Waals surface area contributed by atoms with Crippen LogP contribution in [0.2, 0.25) is 0 Å². The number of carbonyl (C=O) groups is 2. The molecule has 6 nitrogen and oxygen atoms in total. The van der Waals surface area contributed by atoms with Gasteiger partial charge >= 0.3 is 6.03 Å². The number of rotatable bonds is 5. The molecule has 4 heterocycles. The van der Waals surface area contributed by atoms with Crippen LogP contribution in [0.4, 0.5) is 4.79 Å². The lowest BCUT2D eigenvalue weighted by molar-refractivity contribution is -0.133. The molecule has 0 saturated carbocycles. The number of urea groups is 1. The number of hydrogen-bond donors (Lipinski definition) is 1. The van der Waals surface area contributed by atoms with Crippen LogP contribution < -0.4 is 5.32 Å². The number of carbonyl (C=O) groups excluding carboxylic acids is 2. The summed E-state index contributed by atoms with van der Waals surface area (Å²) in [6.45, 7) is 4.94. The maximum absolute atomic E-state index is 13.2. The van der Waals surface area contributed by atoms with Crippen LogP contribution in [0.3, 0.4) is 0 Å². The van der Waals surface area contributed by atoms with Crippen molar-refractivity contribution in [3.05, 3.63) is 64.5 Å². The number of benzene rings is 1. The second-order valence-electron chi connectivity index (χ2n) is 8.74. The number of amides is 3. The van der Waals surface area contributed by atoms with E-state index in [0.717, 1.165) is 48.9 Å². The van der Waals surface area contributed by atoms with E-state index in [9.17, 15) is 9.59 Å². The summed E-state index contributed by atoms with van der Waals surface area (Å²) >= 11 is 1.58. The molecule has 2 aliphatic rings. The van der Waals surface area contributed by atoms with Crippen molar-refractivity contribution < 1.29 is 9.59 Å². The molecule has 1 unspecified atom stereocenters. The number of aromatic nitrogens is 1. The topological polar surface area (TPSA) is 65.5 Å². The van der Waals surface area contributed by atoms with Crippen molar-refractivity contribution in [2.75, 3.05) is 13.1 Å². The lowest BCUT2D eigenvalue weighted by atomic mass is 9.79. The summed E-state index contributed by atoms with van der Waals surface area (Å²) in [5.41, 5.74) is 2.46.